The van der Waals surface area contributed by atoms with Crippen molar-refractivity contribution in [2.75, 3.05) is 0 Å². The summed E-state index contributed by atoms with van der Waals surface area (Å²) in [6, 6.07) is 28.6. The normalized spacial score (nSPS) is 13.3. The molecule has 0 amide bonds. The number of allylic oxidation sites excluding steroid dienone is 1. The predicted molar refractivity (Wildman–Crippen MR) is 99.5 cm³/mol. The first kappa shape index (κ1) is 12.7. The van der Waals surface area contributed by atoms with Gasteiger partial charge in [0, 0.05) is 0 Å². The molecule has 0 saturated carbocycles. The van der Waals surface area contributed by atoms with Crippen LogP contribution in [0.5, 0.6) is 0 Å². The van der Waals surface area contributed by atoms with Crippen LogP contribution in [0.4, 0.5) is 0 Å². The molecular weight excluding hydrogens is 276 g/mol. The van der Waals surface area contributed by atoms with Crippen molar-refractivity contribution in [3.8, 4) is 0 Å². The fraction of sp³-hybridized carbons (Fsp3) is 0.0435. The second kappa shape index (κ2) is 4.82. The summed E-state index contributed by atoms with van der Waals surface area (Å²) in [5.74, 6) is 0. The Morgan fingerprint density at radius 1 is 0.609 bits per heavy atom. The van der Waals surface area contributed by atoms with E-state index in [1.165, 1.54) is 43.8 Å². The number of hydrogen-bond acceptors (Lipinski definition) is 0. The highest BCUT2D eigenvalue weighted by atomic mass is 14.2. The molecule has 0 heterocycles. The lowest BCUT2D eigenvalue weighted by atomic mass is 9.95. The van der Waals surface area contributed by atoms with Gasteiger partial charge in [0.05, 0.1) is 0 Å². The van der Waals surface area contributed by atoms with Crippen molar-refractivity contribution in [3.63, 3.8) is 0 Å². The standard InChI is InChI=1S/C23H16/c1-2-8-18-14-21(13-17(18)7-1)22-11-5-10-20-12-16-6-3-4-9-19(16)15-23(20)22/h1-13,15H,14H2. The minimum absolute atomic E-state index is 1.03. The highest BCUT2D eigenvalue weighted by Crippen LogP contribution is 2.36. The van der Waals surface area contributed by atoms with Crippen LogP contribution < -0.4 is 0 Å². The Morgan fingerprint density at radius 2 is 1.35 bits per heavy atom. The van der Waals surface area contributed by atoms with Crippen molar-refractivity contribution in [2.45, 2.75) is 6.42 Å². The van der Waals surface area contributed by atoms with E-state index in [2.05, 4.69) is 84.9 Å². The fourth-order valence-electron chi connectivity index (χ4n) is 3.70. The molecule has 0 unspecified atom stereocenters. The van der Waals surface area contributed by atoms with Crippen molar-refractivity contribution in [3.05, 3.63) is 95.6 Å². The SMILES string of the molecule is C1=C(c2cccc3cc4ccccc4cc23)Cc2ccccc21. The summed E-state index contributed by atoms with van der Waals surface area (Å²) < 4.78 is 0. The Morgan fingerprint density at radius 3 is 2.22 bits per heavy atom. The van der Waals surface area contributed by atoms with E-state index in [0.29, 0.717) is 0 Å². The van der Waals surface area contributed by atoms with E-state index >= 15 is 0 Å². The van der Waals surface area contributed by atoms with Crippen molar-refractivity contribution in [2.24, 2.45) is 0 Å². The van der Waals surface area contributed by atoms with Gasteiger partial charge in [-0.2, -0.15) is 0 Å². The van der Waals surface area contributed by atoms with Crippen LogP contribution in [0.15, 0.2) is 78.9 Å². The third-order valence-corrected chi connectivity index (χ3v) is 4.86. The van der Waals surface area contributed by atoms with E-state index in [4.69, 9.17) is 0 Å². The maximum atomic E-state index is 2.35. The summed E-state index contributed by atoms with van der Waals surface area (Å²) in [6.45, 7) is 0. The highest BCUT2D eigenvalue weighted by molar-refractivity contribution is 6.05. The third-order valence-electron chi connectivity index (χ3n) is 4.86. The van der Waals surface area contributed by atoms with Gasteiger partial charge >= 0.3 is 0 Å². The van der Waals surface area contributed by atoms with Crippen LogP contribution in [0.1, 0.15) is 16.7 Å². The summed E-state index contributed by atoms with van der Waals surface area (Å²) in [5.41, 5.74) is 5.58. The maximum Gasteiger partial charge on any atom is -0.00135 e. The summed E-state index contributed by atoms with van der Waals surface area (Å²) in [4.78, 5) is 0. The molecule has 4 aromatic rings. The zero-order valence-electron chi connectivity index (χ0n) is 12.8. The van der Waals surface area contributed by atoms with Gasteiger partial charge in [0.25, 0.3) is 0 Å². The quantitative estimate of drug-likeness (QED) is 0.372. The lowest BCUT2D eigenvalue weighted by Crippen LogP contribution is -1.88. The Labute approximate surface area is 135 Å². The van der Waals surface area contributed by atoms with Crippen molar-refractivity contribution >= 4 is 33.2 Å². The molecule has 0 spiro atoms. The van der Waals surface area contributed by atoms with E-state index in [0.717, 1.165) is 6.42 Å². The van der Waals surface area contributed by atoms with Gasteiger partial charge < -0.3 is 0 Å². The number of benzene rings is 4. The van der Waals surface area contributed by atoms with Crippen LogP contribution in [-0.2, 0) is 6.42 Å². The van der Waals surface area contributed by atoms with Crippen molar-refractivity contribution in [1.29, 1.82) is 0 Å². The zero-order valence-corrected chi connectivity index (χ0v) is 12.8. The second-order valence-electron chi connectivity index (χ2n) is 6.27. The monoisotopic (exact) mass is 292 g/mol. The first-order valence-corrected chi connectivity index (χ1v) is 8.09. The molecule has 0 radical (unpaired) electrons. The van der Waals surface area contributed by atoms with Crippen LogP contribution in [0, 0.1) is 0 Å². The Bertz CT molecular complexity index is 1080. The average Bonchev–Trinajstić information content (AvgIpc) is 3.03. The Hall–Kier alpha value is -2.86. The van der Waals surface area contributed by atoms with Crippen LogP contribution in [0.25, 0.3) is 33.2 Å². The lowest BCUT2D eigenvalue weighted by Gasteiger charge is -2.09. The topological polar surface area (TPSA) is 0 Å². The van der Waals surface area contributed by atoms with Gasteiger partial charge in [-0.15, -0.1) is 0 Å². The largest absolute Gasteiger partial charge is 0.0619 e. The molecule has 0 fully saturated rings. The van der Waals surface area contributed by atoms with Crippen LogP contribution in [0.2, 0.25) is 0 Å². The average molecular weight is 292 g/mol. The van der Waals surface area contributed by atoms with E-state index < -0.39 is 0 Å². The molecule has 0 heteroatoms. The van der Waals surface area contributed by atoms with Crippen LogP contribution in [-0.4, -0.2) is 0 Å². The van der Waals surface area contributed by atoms with E-state index in [1.54, 1.807) is 0 Å². The maximum absolute atomic E-state index is 2.35. The molecule has 0 bridgehead atoms. The first-order chi connectivity index (χ1) is 11.4. The predicted octanol–water partition coefficient (Wildman–Crippen LogP) is 6.09. The van der Waals surface area contributed by atoms with Gasteiger partial charge in [0.2, 0.25) is 0 Å². The molecule has 0 nitrogen and oxygen atoms in total. The molecule has 1 aliphatic carbocycles. The molecular formula is C23H16. The summed E-state index contributed by atoms with van der Waals surface area (Å²) in [6.07, 6.45) is 3.38. The minimum atomic E-state index is 1.03. The molecule has 0 saturated heterocycles. The number of rotatable bonds is 1. The molecule has 0 aliphatic heterocycles. The molecule has 1 aliphatic rings. The Balaban J connectivity index is 1.75. The van der Waals surface area contributed by atoms with Gasteiger partial charge in [-0.3, -0.25) is 0 Å². The summed E-state index contributed by atoms with van der Waals surface area (Å²) in [5, 5.41) is 5.28. The smallest absolute Gasteiger partial charge is 0.00135 e. The van der Waals surface area contributed by atoms with Gasteiger partial charge in [0.1, 0.15) is 0 Å². The summed E-state index contributed by atoms with van der Waals surface area (Å²) >= 11 is 0. The van der Waals surface area contributed by atoms with E-state index in [1.807, 2.05) is 0 Å². The highest BCUT2D eigenvalue weighted by Gasteiger charge is 2.15. The van der Waals surface area contributed by atoms with Gasteiger partial charge in [0.15, 0.2) is 0 Å². The molecule has 4 aromatic carbocycles. The summed E-state index contributed by atoms with van der Waals surface area (Å²) in [7, 11) is 0. The molecule has 0 aromatic heterocycles. The third kappa shape index (κ3) is 1.99. The van der Waals surface area contributed by atoms with E-state index in [9.17, 15) is 0 Å². The van der Waals surface area contributed by atoms with Crippen molar-refractivity contribution in [1.82, 2.24) is 0 Å². The first-order valence-electron chi connectivity index (χ1n) is 8.09. The Kier molecular flexibility index (Phi) is 2.65. The van der Waals surface area contributed by atoms with Gasteiger partial charge in [-0.1, -0.05) is 72.8 Å². The van der Waals surface area contributed by atoms with E-state index in [-0.39, 0.29) is 0 Å². The molecule has 5 rings (SSSR count). The zero-order chi connectivity index (χ0) is 15.2. The fourth-order valence-corrected chi connectivity index (χ4v) is 3.70. The molecule has 0 N–H and O–H groups in total. The van der Waals surface area contributed by atoms with Crippen LogP contribution >= 0.6 is 0 Å². The van der Waals surface area contributed by atoms with Gasteiger partial charge in [-0.05, 0) is 62.4 Å². The number of hydrogen-bond donors (Lipinski definition) is 0. The molecule has 108 valence electrons. The van der Waals surface area contributed by atoms with Crippen molar-refractivity contribution < 1.29 is 0 Å². The van der Waals surface area contributed by atoms with Gasteiger partial charge in [-0.25, -0.2) is 0 Å². The number of fused-ring (bicyclic) bond motifs is 3. The molecule has 0 atom stereocenters. The minimum Gasteiger partial charge on any atom is -0.0619 e. The lowest BCUT2D eigenvalue weighted by molar-refractivity contribution is 1.32. The van der Waals surface area contributed by atoms with Crippen LogP contribution in [0.3, 0.4) is 0 Å². The molecule has 23 heavy (non-hydrogen) atoms. The second-order valence-corrected chi connectivity index (χ2v) is 6.27.